The first-order valence-electron chi connectivity index (χ1n) is 2.86. The van der Waals surface area contributed by atoms with Crippen LogP contribution < -0.4 is 5.73 Å². The zero-order chi connectivity index (χ0) is 8.48. The Balaban J connectivity index is 3.02. The SMILES string of the molecule is NCc1ccnn1C(F)(F)F. The predicted molar refractivity (Wildman–Crippen MR) is 31.4 cm³/mol. The molecule has 6 heteroatoms. The molecule has 1 rings (SSSR count). The monoisotopic (exact) mass is 165 g/mol. The average Bonchev–Trinajstić information content (AvgIpc) is 2.31. The third kappa shape index (κ3) is 1.51. The van der Waals surface area contributed by atoms with E-state index >= 15 is 0 Å². The lowest BCUT2D eigenvalue weighted by Gasteiger charge is -2.08. The highest BCUT2D eigenvalue weighted by Gasteiger charge is 2.33. The molecular formula is C5H6F3N3. The van der Waals surface area contributed by atoms with Gasteiger partial charge in [0.25, 0.3) is 0 Å². The molecule has 0 aromatic carbocycles. The highest BCUT2D eigenvalue weighted by atomic mass is 19.4. The van der Waals surface area contributed by atoms with E-state index in [0.717, 1.165) is 6.20 Å². The molecule has 1 heterocycles. The molecule has 3 nitrogen and oxygen atoms in total. The van der Waals surface area contributed by atoms with Gasteiger partial charge in [-0.1, -0.05) is 0 Å². The van der Waals surface area contributed by atoms with Gasteiger partial charge in [-0.25, -0.2) is 0 Å². The first-order valence-corrected chi connectivity index (χ1v) is 2.86. The molecule has 11 heavy (non-hydrogen) atoms. The Kier molecular flexibility index (Phi) is 1.86. The van der Waals surface area contributed by atoms with Gasteiger partial charge in [-0.15, -0.1) is 13.2 Å². The molecule has 0 aliphatic heterocycles. The standard InChI is InChI=1S/C5H6F3N3/c6-5(7,8)11-4(3-9)1-2-10-11/h1-2H,3,9H2. The quantitative estimate of drug-likeness (QED) is 0.669. The van der Waals surface area contributed by atoms with Crippen LogP contribution in [0.5, 0.6) is 0 Å². The van der Waals surface area contributed by atoms with Gasteiger partial charge in [-0.3, -0.25) is 0 Å². The molecule has 0 radical (unpaired) electrons. The topological polar surface area (TPSA) is 43.8 Å². The van der Waals surface area contributed by atoms with Crippen molar-refractivity contribution >= 4 is 0 Å². The maximum atomic E-state index is 11.9. The number of nitrogens with two attached hydrogens (primary N) is 1. The fourth-order valence-corrected chi connectivity index (χ4v) is 0.714. The van der Waals surface area contributed by atoms with Gasteiger partial charge in [-0.2, -0.15) is 9.78 Å². The second-order valence-electron chi connectivity index (χ2n) is 1.91. The summed E-state index contributed by atoms with van der Waals surface area (Å²) >= 11 is 0. The third-order valence-electron chi connectivity index (χ3n) is 1.17. The maximum Gasteiger partial charge on any atom is 0.504 e. The lowest BCUT2D eigenvalue weighted by atomic mass is 10.4. The number of hydrogen-bond donors (Lipinski definition) is 1. The molecular weight excluding hydrogens is 159 g/mol. The van der Waals surface area contributed by atoms with Gasteiger partial charge in [0.2, 0.25) is 0 Å². The minimum Gasteiger partial charge on any atom is -0.325 e. The summed E-state index contributed by atoms with van der Waals surface area (Å²) in [5.74, 6) is 0. The van der Waals surface area contributed by atoms with Crippen LogP contribution in [0.2, 0.25) is 0 Å². The summed E-state index contributed by atoms with van der Waals surface area (Å²) in [5.41, 5.74) is 4.99. The zero-order valence-electron chi connectivity index (χ0n) is 5.47. The summed E-state index contributed by atoms with van der Waals surface area (Å²) in [6.45, 7) is -0.167. The Morgan fingerprint density at radius 1 is 1.55 bits per heavy atom. The lowest BCUT2D eigenvalue weighted by Crippen LogP contribution is -2.22. The number of halogens is 3. The van der Waals surface area contributed by atoms with Crippen LogP contribution in [0.1, 0.15) is 5.69 Å². The van der Waals surface area contributed by atoms with Crippen LogP contribution in [0.4, 0.5) is 13.2 Å². The molecule has 0 fully saturated rings. The maximum absolute atomic E-state index is 11.9. The Labute approximate surface area is 60.6 Å². The van der Waals surface area contributed by atoms with E-state index in [0.29, 0.717) is 0 Å². The van der Waals surface area contributed by atoms with E-state index in [4.69, 9.17) is 5.73 Å². The lowest BCUT2D eigenvalue weighted by molar-refractivity contribution is -0.213. The molecule has 0 saturated heterocycles. The summed E-state index contributed by atoms with van der Waals surface area (Å²) in [7, 11) is 0. The summed E-state index contributed by atoms with van der Waals surface area (Å²) in [4.78, 5) is 0. The molecule has 0 aliphatic carbocycles. The van der Waals surface area contributed by atoms with Crippen molar-refractivity contribution in [2.45, 2.75) is 12.8 Å². The first-order chi connectivity index (χ1) is 5.05. The van der Waals surface area contributed by atoms with E-state index in [1.54, 1.807) is 0 Å². The van der Waals surface area contributed by atoms with Crippen molar-refractivity contribution in [3.05, 3.63) is 18.0 Å². The van der Waals surface area contributed by atoms with Gasteiger partial charge >= 0.3 is 6.30 Å². The molecule has 0 bridgehead atoms. The largest absolute Gasteiger partial charge is 0.504 e. The molecule has 0 spiro atoms. The second kappa shape index (κ2) is 2.54. The van der Waals surface area contributed by atoms with E-state index in [9.17, 15) is 13.2 Å². The van der Waals surface area contributed by atoms with E-state index in [1.807, 2.05) is 0 Å². The number of hydrogen-bond acceptors (Lipinski definition) is 2. The summed E-state index contributed by atoms with van der Waals surface area (Å²) in [6.07, 6.45) is -3.39. The van der Waals surface area contributed by atoms with Crippen molar-refractivity contribution in [1.82, 2.24) is 9.78 Å². The van der Waals surface area contributed by atoms with Crippen molar-refractivity contribution in [1.29, 1.82) is 0 Å². The van der Waals surface area contributed by atoms with Crippen molar-refractivity contribution in [3.8, 4) is 0 Å². The van der Waals surface area contributed by atoms with Gasteiger partial charge in [-0.05, 0) is 6.07 Å². The molecule has 0 atom stereocenters. The van der Waals surface area contributed by atoms with Gasteiger partial charge in [0, 0.05) is 12.7 Å². The van der Waals surface area contributed by atoms with Crippen LogP contribution in [-0.4, -0.2) is 9.78 Å². The Morgan fingerprint density at radius 3 is 2.55 bits per heavy atom. The zero-order valence-corrected chi connectivity index (χ0v) is 5.47. The minimum absolute atomic E-state index is 0.0440. The minimum atomic E-state index is -4.46. The summed E-state index contributed by atoms with van der Waals surface area (Å²) in [5, 5.41) is 3.07. The van der Waals surface area contributed by atoms with Crippen LogP contribution in [0, 0.1) is 0 Å². The van der Waals surface area contributed by atoms with E-state index in [-0.39, 0.29) is 16.9 Å². The summed E-state index contributed by atoms with van der Waals surface area (Å²) < 4.78 is 35.7. The highest BCUT2D eigenvalue weighted by molar-refractivity contribution is 5.00. The molecule has 62 valence electrons. The molecule has 1 aromatic heterocycles. The molecule has 0 saturated carbocycles. The molecule has 0 unspecified atom stereocenters. The predicted octanol–water partition coefficient (Wildman–Crippen LogP) is 0.818. The van der Waals surface area contributed by atoms with Crippen molar-refractivity contribution < 1.29 is 13.2 Å². The number of rotatable bonds is 1. The van der Waals surface area contributed by atoms with E-state index in [2.05, 4.69) is 5.10 Å². The van der Waals surface area contributed by atoms with Crippen LogP contribution >= 0.6 is 0 Å². The summed E-state index contributed by atoms with van der Waals surface area (Å²) in [6, 6.07) is 1.23. The molecule has 2 N–H and O–H groups in total. The molecule has 1 aromatic rings. The van der Waals surface area contributed by atoms with Crippen molar-refractivity contribution in [2.75, 3.05) is 0 Å². The van der Waals surface area contributed by atoms with Gasteiger partial charge < -0.3 is 5.73 Å². The fourth-order valence-electron chi connectivity index (χ4n) is 0.714. The molecule has 0 aliphatic rings. The van der Waals surface area contributed by atoms with Crippen molar-refractivity contribution in [2.24, 2.45) is 5.73 Å². The third-order valence-corrected chi connectivity index (χ3v) is 1.17. The van der Waals surface area contributed by atoms with Crippen LogP contribution in [0.3, 0.4) is 0 Å². The number of alkyl halides is 3. The van der Waals surface area contributed by atoms with Crippen LogP contribution in [-0.2, 0) is 12.8 Å². The molecule has 0 amide bonds. The van der Waals surface area contributed by atoms with Gasteiger partial charge in [0.15, 0.2) is 0 Å². The van der Waals surface area contributed by atoms with E-state index < -0.39 is 6.30 Å². The van der Waals surface area contributed by atoms with Crippen LogP contribution in [0.15, 0.2) is 12.3 Å². The number of nitrogens with zero attached hydrogens (tertiary/aromatic N) is 2. The smallest absolute Gasteiger partial charge is 0.325 e. The fraction of sp³-hybridized carbons (Fsp3) is 0.400. The van der Waals surface area contributed by atoms with Crippen LogP contribution in [0.25, 0.3) is 0 Å². The van der Waals surface area contributed by atoms with Crippen molar-refractivity contribution in [3.63, 3.8) is 0 Å². The highest BCUT2D eigenvalue weighted by Crippen LogP contribution is 2.22. The normalized spacial score (nSPS) is 12.0. The Bertz CT molecular complexity index is 239. The van der Waals surface area contributed by atoms with Gasteiger partial charge in [0.05, 0.1) is 5.69 Å². The second-order valence-corrected chi connectivity index (χ2v) is 1.91. The average molecular weight is 165 g/mol. The van der Waals surface area contributed by atoms with Gasteiger partial charge in [0.1, 0.15) is 0 Å². The number of aromatic nitrogens is 2. The Morgan fingerprint density at radius 2 is 2.18 bits per heavy atom. The Hall–Kier alpha value is -1.04. The first kappa shape index (κ1) is 8.06. The van der Waals surface area contributed by atoms with E-state index in [1.165, 1.54) is 6.07 Å².